The van der Waals surface area contributed by atoms with Gasteiger partial charge in [-0.25, -0.2) is 9.78 Å². The Morgan fingerprint density at radius 3 is 3.29 bits per heavy atom. The van der Waals surface area contributed by atoms with Gasteiger partial charge in [-0.1, -0.05) is 6.92 Å². The van der Waals surface area contributed by atoms with Crippen LogP contribution < -0.4 is 0 Å². The molecule has 1 N–H and O–H groups in total. The quantitative estimate of drug-likeness (QED) is 0.937. The minimum atomic E-state index is -0.484. The van der Waals surface area contributed by atoms with Crippen molar-refractivity contribution >= 4 is 22.3 Å². The van der Waals surface area contributed by atoms with Gasteiger partial charge in [0.1, 0.15) is 10.7 Å². The largest absolute Gasteiger partial charge is 0.449 e. The first kappa shape index (κ1) is 14.3. The first-order chi connectivity index (χ1) is 10.2. The number of likely N-dealkylation sites (tertiary alicyclic amines) is 1. The number of thiazole rings is 1. The fourth-order valence-electron chi connectivity index (χ4n) is 2.73. The molecule has 2 unspecified atom stereocenters. The van der Waals surface area contributed by atoms with E-state index >= 15 is 0 Å². The summed E-state index contributed by atoms with van der Waals surface area (Å²) in [5.41, 5.74) is 0. The number of fused-ring (bicyclic) bond motifs is 1. The third-order valence-corrected chi connectivity index (χ3v) is 4.51. The molecule has 0 saturated carbocycles. The summed E-state index contributed by atoms with van der Waals surface area (Å²) in [4.78, 5) is 19.2. The van der Waals surface area contributed by atoms with E-state index in [2.05, 4.69) is 4.98 Å². The minimum Gasteiger partial charge on any atom is -0.449 e. The van der Waals surface area contributed by atoms with E-state index in [1.807, 2.05) is 29.1 Å². The lowest BCUT2D eigenvalue weighted by Gasteiger charge is -2.23. The van der Waals surface area contributed by atoms with Gasteiger partial charge in [0.15, 0.2) is 0 Å². The molecule has 1 fully saturated rings. The maximum atomic E-state index is 12.1. The van der Waals surface area contributed by atoms with Crippen molar-refractivity contribution in [3.8, 4) is 0 Å². The molecule has 6 nitrogen and oxygen atoms in total. The molecule has 1 aliphatic heterocycles. The highest BCUT2D eigenvalue weighted by molar-refractivity contribution is 7.15. The number of hydrogen-bond acceptors (Lipinski definition) is 5. The highest BCUT2D eigenvalue weighted by atomic mass is 32.1. The van der Waals surface area contributed by atoms with Crippen LogP contribution in [-0.2, 0) is 11.2 Å². The van der Waals surface area contributed by atoms with E-state index in [0.717, 1.165) is 17.1 Å². The standard InChI is InChI=1S/C14H19N3O3S/c1-2-4-20-14(19)17-9-11(18)6-10(17)7-12-15-8-13-16(12)3-5-21-13/h3,5,8,10-11,18H,2,4,6-7,9H2,1H3. The van der Waals surface area contributed by atoms with E-state index < -0.39 is 6.10 Å². The number of carbonyl (C=O) groups is 1. The second-order valence-corrected chi connectivity index (χ2v) is 6.23. The summed E-state index contributed by atoms with van der Waals surface area (Å²) in [6.45, 7) is 2.71. The lowest BCUT2D eigenvalue weighted by Crippen LogP contribution is -2.38. The molecular formula is C14H19N3O3S. The zero-order valence-electron chi connectivity index (χ0n) is 11.9. The Kier molecular flexibility index (Phi) is 4.12. The van der Waals surface area contributed by atoms with Crippen molar-refractivity contribution in [2.24, 2.45) is 0 Å². The molecular weight excluding hydrogens is 290 g/mol. The van der Waals surface area contributed by atoms with Gasteiger partial charge in [0.25, 0.3) is 0 Å². The summed E-state index contributed by atoms with van der Waals surface area (Å²) < 4.78 is 7.23. The number of aliphatic hydroxyl groups is 1. The molecule has 114 valence electrons. The van der Waals surface area contributed by atoms with Crippen LogP contribution in [0, 0.1) is 0 Å². The predicted molar refractivity (Wildman–Crippen MR) is 79.5 cm³/mol. The molecule has 3 heterocycles. The monoisotopic (exact) mass is 309 g/mol. The molecule has 0 aliphatic carbocycles. The number of aromatic nitrogens is 2. The van der Waals surface area contributed by atoms with Crippen molar-refractivity contribution in [3.63, 3.8) is 0 Å². The molecule has 1 aliphatic rings. The SMILES string of the molecule is CCCOC(=O)N1CC(O)CC1Cc1ncc2sccn12. The lowest BCUT2D eigenvalue weighted by atomic mass is 10.1. The molecule has 0 spiro atoms. The highest BCUT2D eigenvalue weighted by Gasteiger charge is 2.36. The third-order valence-electron chi connectivity index (χ3n) is 3.71. The van der Waals surface area contributed by atoms with Crippen LogP contribution in [0.5, 0.6) is 0 Å². The van der Waals surface area contributed by atoms with Crippen LogP contribution in [0.15, 0.2) is 17.8 Å². The number of imidazole rings is 1. The number of carbonyl (C=O) groups excluding carboxylic acids is 1. The number of nitrogens with zero attached hydrogens (tertiary/aromatic N) is 3. The van der Waals surface area contributed by atoms with Crippen molar-refractivity contribution in [3.05, 3.63) is 23.6 Å². The van der Waals surface area contributed by atoms with Crippen LogP contribution in [0.3, 0.4) is 0 Å². The summed E-state index contributed by atoms with van der Waals surface area (Å²) in [6.07, 6.45) is 4.99. The maximum absolute atomic E-state index is 12.1. The summed E-state index contributed by atoms with van der Waals surface area (Å²) >= 11 is 1.63. The summed E-state index contributed by atoms with van der Waals surface area (Å²) in [6, 6.07) is -0.0603. The Hall–Kier alpha value is -1.60. The second-order valence-electron chi connectivity index (χ2n) is 5.30. The zero-order valence-corrected chi connectivity index (χ0v) is 12.8. The molecule has 0 radical (unpaired) electrons. The first-order valence-corrected chi connectivity index (χ1v) is 8.08. The van der Waals surface area contributed by atoms with Crippen molar-refractivity contribution in [1.29, 1.82) is 0 Å². The van der Waals surface area contributed by atoms with Crippen molar-refractivity contribution < 1.29 is 14.6 Å². The van der Waals surface area contributed by atoms with Crippen LogP contribution in [0.4, 0.5) is 4.79 Å². The highest BCUT2D eigenvalue weighted by Crippen LogP contribution is 2.23. The normalized spacial score (nSPS) is 22.1. The van der Waals surface area contributed by atoms with Crippen LogP contribution in [-0.4, -0.2) is 50.8 Å². The Bertz CT molecular complexity index is 624. The number of rotatable bonds is 4. The van der Waals surface area contributed by atoms with Gasteiger partial charge in [-0.05, 0) is 12.8 Å². The smallest absolute Gasteiger partial charge is 0.410 e. The summed E-state index contributed by atoms with van der Waals surface area (Å²) in [7, 11) is 0. The lowest BCUT2D eigenvalue weighted by molar-refractivity contribution is 0.0931. The Morgan fingerprint density at radius 1 is 1.62 bits per heavy atom. The molecule has 1 saturated heterocycles. The molecule has 2 atom stereocenters. The number of ether oxygens (including phenoxy) is 1. The van der Waals surface area contributed by atoms with Crippen LogP contribution in [0.25, 0.3) is 4.83 Å². The fraction of sp³-hybridized carbons (Fsp3) is 0.571. The Morgan fingerprint density at radius 2 is 2.48 bits per heavy atom. The number of β-amino-alcohol motifs (C(OH)–C–C–N with tert-alkyl or cyclic N) is 1. The van der Waals surface area contributed by atoms with E-state index in [9.17, 15) is 9.90 Å². The number of amides is 1. The van der Waals surface area contributed by atoms with E-state index in [1.54, 1.807) is 16.2 Å². The number of aliphatic hydroxyl groups excluding tert-OH is 1. The first-order valence-electron chi connectivity index (χ1n) is 7.20. The average Bonchev–Trinajstić information content (AvgIpc) is 3.14. The molecule has 3 rings (SSSR count). The zero-order chi connectivity index (χ0) is 14.8. The van der Waals surface area contributed by atoms with Gasteiger partial charge in [-0.3, -0.25) is 4.40 Å². The Labute approximate surface area is 127 Å². The summed E-state index contributed by atoms with van der Waals surface area (Å²) in [5, 5.41) is 11.9. The van der Waals surface area contributed by atoms with Crippen LogP contribution >= 0.6 is 11.3 Å². The minimum absolute atomic E-state index is 0.0603. The van der Waals surface area contributed by atoms with E-state index in [-0.39, 0.29) is 12.1 Å². The maximum Gasteiger partial charge on any atom is 0.410 e. The molecule has 2 aromatic rings. The van der Waals surface area contributed by atoms with E-state index in [4.69, 9.17) is 4.74 Å². The van der Waals surface area contributed by atoms with Gasteiger partial charge in [-0.15, -0.1) is 11.3 Å². The summed E-state index contributed by atoms with van der Waals surface area (Å²) in [5.74, 6) is 0.915. The Balaban J connectivity index is 1.73. The average molecular weight is 309 g/mol. The van der Waals surface area contributed by atoms with Crippen LogP contribution in [0.1, 0.15) is 25.6 Å². The van der Waals surface area contributed by atoms with Crippen LogP contribution in [0.2, 0.25) is 0 Å². The topological polar surface area (TPSA) is 67.1 Å². The number of hydrogen-bond donors (Lipinski definition) is 1. The van der Waals surface area contributed by atoms with Gasteiger partial charge in [0.05, 0.1) is 25.5 Å². The molecule has 7 heteroatoms. The molecule has 21 heavy (non-hydrogen) atoms. The molecule has 0 aromatic carbocycles. The van der Waals surface area contributed by atoms with E-state index in [1.165, 1.54) is 0 Å². The van der Waals surface area contributed by atoms with Crippen molar-refractivity contribution in [2.45, 2.75) is 38.3 Å². The van der Waals surface area contributed by atoms with Gasteiger partial charge in [-0.2, -0.15) is 0 Å². The van der Waals surface area contributed by atoms with Gasteiger partial charge < -0.3 is 14.7 Å². The predicted octanol–water partition coefficient (Wildman–Crippen LogP) is 1.92. The molecule has 1 amide bonds. The molecule has 2 aromatic heterocycles. The van der Waals surface area contributed by atoms with Gasteiger partial charge >= 0.3 is 6.09 Å². The molecule has 0 bridgehead atoms. The van der Waals surface area contributed by atoms with Crippen molar-refractivity contribution in [1.82, 2.24) is 14.3 Å². The third kappa shape index (κ3) is 2.89. The van der Waals surface area contributed by atoms with Gasteiger partial charge in [0, 0.05) is 24.0 Å². The van der Waals surface area contributed by atoms with E-state index in [0.29, 0.717) is 26.0 Å². The van der Waals surface area contributed by atoms with Crippen molar-refractivity contribution in [2.75, 3.05) is 13.2 Å². The second kappa shape index (κ2) is 6.03. The fourth-order valence-corrected chi connectivity index (χ4v) is 3.45. The van der Waals surface area contributed by atoms with Gasteiger partial charge in [0.2, 0.25) is 0 Å².